The second kappa shape index (κ2) is 5.12. The van der Waals surface area contributed by atoms with E-state index in [2.05, 4.69) is 28.5 Å². The molecule has 0 N–H and O–H groups in total. The van der Waals surface area contributed by atoms with E-state index in [9.17, 15) is 0 Å². The molecule has 1 aliphatic heterocycles. The van der Waals surface area contributed by atoms with Gasteiger partial charge in [0.15, 0.2) is 5.82 Å². The topological polar surface area (TPSA) is 48.2 Å². The molecule has 0 unspecified atom stereocenters. The molecule has 4 nitrogen and oxygen atoms in total. The molecule has 3 rings (SSSR count). The lowest BCUT2D eigenvalue weighted by Crippen LogP contribution is -1.99. The van der Waals surface area contributed by atoms with Crippen molar-refractivity contribution in [1.82, 2.24) is 10.1 Å². The first-order chi connectivity index (χ1) is 8.86. The van der Waals surface area contributed by atoms with E-state index in [4.69, 9.17) is 9.26 Å². The molecule has 1 fully saturated rings. The average Bonchev–Trinajstić information content (AvgIpc) is 3.09. The normalized spacial score (nSPS) is 19.3. The summed E-state index contributed by atoms with van der Waals surface area (Å²) in [4.78, 5) is 5.68. The maximum atomic E-state index is 5.33. The van der Waals surface area contributed by atoms with Crippen molar-refractivity contribution in [3.63, 3.8) is 0 Å². The quantitative estimate of drug-likeness (QED) is 0.796. The Morgan fingerprint density at radius 1 is 1.28 bits per heavy atom. The maximum absolute atomic E-state index is 5.33. The minimum atomic E-state index is 0.285. The summed E-state index contributed by atoms with van der Waals surface area (Å²) in [5, 5.41) is 4.05. The third-order valence-corrected chi connectivity index (χ3v) is 3.82. The van der Waals surface area contributed by atoms with Gasteiger partial charge in [0.25, 0.3) is 5.89 Å². The van der Waals surface area contributed by atoms with Crippen molar-refractivity contribution in [3.8, 4) is 11.5 Å². The summed E-state index contributed by atoms with van der Waals surface area (Å²) in [6.45, 7) is 1.49. The first-order valence-corrected chi connectivity index (χ1v) is 7.15. The molecule has 0 spiro atoms. The molecule has 2 aromatic rings. The van der Waals surface area contributed by atoms with E-state index < -0.39 is 0 Å². The van der Waals surface area contributed by atoms with E-state index in [0.29, 0.717) is 12.5 Å². The van der Waals surface area contributed by atoms with Crippen LogP contribution in [0.3, 0.4) is 0 Å². The van der Waals surface area contributed by atoms with E-state index >= 15 is 0 Å². The van der Waals surface area contributed by atoms with E-state index in [1.165, 1.54) is 4.90 Å². The second-order valence-corrected chi connectivity index (χ2v) is 5.13. The summed E-state index contributed by atoms with van der Waals surface area (Å²) in [5.41, 5.74) is 0.963. The molecular formula is C13H14N2O2S. The van der Waals surface area contributed by atoms with Gasteiger partial charge in [-0.3, -0.25) is 0 Å². The largest absolute Gasteiger partial charge is 0.381 e. The third-order valence-electron chi connectivity index (χ3n) is 3.07. The summed E-state index contributed by atoms with van der Waals surface area (Å²) in [7, 11) is 0. The van der Waals surface area contributed by atoms with Crippen LogP contribution in [0.2, 0.25) is 0 Å². The Balaban J connectivity index is 1.82. The molecule has 1 aromatic carbocycles. The first-order valence-electron chi connectivity index (χ1n) is 5.92. The molecule has 1 atom stereocenters. The molecule has 0 saturated carbocycles. The van der Waals surface area contributed by atoms with Crippen LogP contribution in [0, 0.1) is 0 Å². The zero-order valence-electron chi connectivity index (χ0n) is 10.1. The first kappa shape index (κ1) is 11.7. The van der Waals surface area contributed by atoms with Crippen molar-refractivity contribution in [1.29, 1.82) is 0 Å². The van der Waals surface area contributed by atoms with Gasteiger partial charge in [-0.2, -0.15) is 4.98 Å². The Labute approximate surface area is 110 Å². The van der Waals surface area contributed by atoms with E-state index in [-0.39, 0.29) is 5.92 Å². The molecular weight excluding hydrogens is 248 g/mol. The van der Waals surface area contributed by atoms with E-state index in [1.54, 1.807) is 11.8 Å². The molecule has 0 radical (unpaired) electrons. The van der Waals surface area contributed by atoms with Gasteiger partial charge in [0, 0.05) is 23.0 Å². The van der Waals surface area contributed by atoms with Gasteiger partial charge >= 0.3 is 0 Å². The van der Waals surface area contributed by atoms with Crippen LogP contribution in [0.15, 0.2) is 33.7 Å². The maximum Gasteiger partial charge on any atom is 0.257 e. The monoisotopic (exact) mass is 262 g/mol. The van der Waals surface area contributed by atoms with Crippen molar-refractivity contribution in [2.75, 3.05) is 19.5 Å². The van der Waals surface area contributed by atoms with Crippen LogP contribution >= 0.6 is 11.8 Å². The number of hydrogen-bond donors (Lipinski definition) is 0. The van der Waals surface area contributed by atoms with Crippen LogP contribution in [-0.4, -0.2) is 29.6 Å². The number of nitrogens with zero attached hydrogens (tertiary/aromatic N) is 2. The third kappa shape index (κ3) is 2.28. The second-order valence-electron chi connectivity index (χ2n) is 4.25. The number of ether oxygens (including phenoxy) is 1. The van der Waals surface area contributed by atoms with Gasteiger partial charge in [-0.05, 0) is 36.9 Å². The van der Waals surface area contributed by atoms with E-state index in [1.807, 2.05) is 12.1 Å². The molecule has 0 amide bonds. The lowest BCUT2D eigenvalue weighted by atomic mass is 10.1. The number of rotatable bonds is 3. The Bertz CT molecular complexity index is 518. The zero-order valence-corrected chi connectivity index (χ0v) is 10.9. The Kier molecular flexibility index (Phi) is 3.34. The van der Waals surface area contributed by atoms with Gasteiger partial charge in [-0.25, -0.2) is 0 Å². The summed E-state index contributed by atoms with van der Waals surface area (Å²) in [6.07, 6.45) is 3.03. The molecule has 0 aliphatic carbocycles. The molecule has 94 valence electrons. The van der Waals surface area contributed by atoms with Gasteiger partial charge in [0.1, 0.15) is 0 Å². The molecule has 1 aliphatic rings. The number of hydrogen-bond acceptors (Lipinski definition) is 5. The van der Waals surface area contributed by atoms with Crippen molar-refractivity contribution in [2.45, 2.75) is 17.2 Å². The molecule has 2 heterocycles. The number of aromatic nitrogens is 2. The lowest BCUT2D eigenvalue weighted by Gasteiger charge is -1.98. The van der Waals surface area contributed by atoms with Gasteiger partial charge in [0.2, 0.25) is 0 Å². The highest BCUT2D eigenvalue weighted by molar-refractivity contribution is 7.98. The highest BCUT2D eigenvalue weighted by Crippen LogP contribution is 2.26. The summed E-state index contributed by atoms with van der Waals surface area (Å²) < 4.78 is 10.6. The molecule has 1 aromatic heterocycles. The zero-order chi connectivity index (χ0) is 12.4. The number of benzene rings is 1. The van der Waals surface area contributed by atoms with Crippen LogP contribution < -0.4 is 0 Å². The minimum Gasteiger partial charge on any atom is -0.381 e. The van der Waals surface area contributed by atoms with Crippen molar-refractivity contribution in [3.05, 3.63) is 30.1 Å². The highest BCUT2D eigenvalue weighted by Gasteiger charge is 2.23. The van der Waals surface area contributed by atoms with E-state index in [0.717, 1.165) is 24.4 Å². The Morgan fingerprint density at radius 2 is 2.11 bits per heavy atom. The average molecular weight is 262 g/mol. The standard InChI is InChI=1S/C13H14N2O2S/c1-18-11-4-2-9(3-5-11)13-14-12(15-17-13)10-6-7-16-8-10/h2-5,10H,6-8H2,1H3/t10-/m0/s1. The fourth-order valence-corrected chi connectivity index (χ4v) is 2.40. The minimum absolute atomic E-state index is 0.285. The van der Waals surface area contributed by atoms with Crippen LogP contribution in [0.1, 0.15) is 18.2 Å². The summed E-state index contributed by atoms with van der Waals surface area (Å²) >= 11 is 1.72. The smallest absolute Gasteiger partial charge is 0.257 e. The van der Waals surface area contributed by atoms with Crippen LogP contribution in [0.25, 0.3) is 11.5 Å². The Morgan fingerprint density at radius 3 is 2.78 bits per heavy atom. The predicted molar refractivity (Wildman–Crippen MR) is 69.7 cm³/mol. The van der Waals surface area contributed by atoms with Crippen LogP contribution in [0.5, 0.6) is 0 Å². The molecule has 1 saturated heterocycles. The highest BCUT2D eigenvalue weighted by atomic mass is 32.2. The van der Waals surface area contributed by atoms with Crippen molar-refractivity contribution < 1.29 is 9.26 Å². The van der Waals surface area contributed by atoms with Crippen LogP contribution in [-0.2, 0) is 4.74 Å². The van der Waals surface area contributed by atoms with Crippen molar-refractivity contribution in [2.24, 2.45) is 0 Å². The SMILES string of the molecule is CSc1ccc(-c2nc([C@H]3CCOC3)no2)cc1. The summed E-state index contributed by atoms with van der Waals surface area (Å²) in [5.74, 6) is 1.63. The van der Waals surface area contributed by atoms with Gasteiger partial charge < -0.3 is 9.26 Å². The summed E-state index contributed by atoms with van der Waals surface area (Å²) in [6, 6.07) is 8.13. The van der Waals surface area contributed by atoms with Gasteiger partial charge in [-0.1, -0.05) is 5.16 Å². The Hall–Kier alpha value is -1.33. The number of thioether (sulfide) groups is 1. The van der Waals surface area contributed by atoms with Crippen LogP contribution in [0.4, 0.5) is 0 Å². The van der Waals surface area contributed by atoms with Gasteiger partial charge in [-0.15, -0.1) is 11.8 Å². The fraction of sp³-hybridized carbons (Fsp3) is 0.385. The van der Waals surface area contributed by atoms with Crippen molar-refractivity contribution >= 4 is 11.8 Å². The molecule has 0 bridgehead atoms. The van der Waals surface area contributed by atoms with Gasteiger partial charge in [0.05, 0.1) is 6.61 Å². The lowest BCUT2D eigenvalue weighted by molar-refractivity contribution is 0.192. The molecule has 18 heavy (non-hydrogen) atoms. The molecule has 5 heteroatoms. The predicted octanol–water partition coefficient (Wildman–Crippen LogP) is 2.96. The fourth-order valence-electron chi connectivity index (χ4n) is 1.99.